The summed E-state index contributed by atoms with van der Waals surface area (Å²) in [4.78, 5) is 25.7. The maximum Gasteiger partial charge on any atom is 0.321 e. The zero-order chi connectivity index (χ0) is 17.8. The first kappa shape index (κ1) is 23.3. The van der Waals surface area contributed by atoms with E-state index in [0.29, 0.717) is 26.2 Å². The van der Waals surface area contributed by atoms with Crippen LogP contribution in [0.25, 0.3) is 0 Å². The standard InChI is InChI=1S/C17H28N4O3.ClH/c1-14(13-24-2)19-17(23)20-16(22)12-21(11-9-18)10-8-15-6-4-3-5-7-15;/h3-7,14H,8-13,18H2,1-2H3,(H2,19,20,22,23);1H. The number of ether oxygens (including phenoxy) is 1. The number of nitrogens with one attached hydrogen (secondary N) is 2. The van der Waals surface area contributed by atoms with Gasteiger partial charge in [0.05, 0.1) is 19.2 Å². The molecule has 0 bridgehead atoms. The number of rotatable bonds is 10. The number of hydrogen-bond donors (Lipinski definition) is 3. The second kappa shape index (κ2) is 13.6. The normalized spacial score (nSPS) is 11.5. The summed E-state index contributed by atoms with van der Waals surface area (Å²) in [5, 5.41) is 4.97. The van der Waals surface area contributed by atoms with Crippen LogP contribution < -0.4 is 16.4 Å². The molecule has 1 rings (SSSR count). The molecule has 0 saturated heterocycles. The van der Waals surface area contributed by atoms with Gasteiger partial charge in [-0.05, 0) is 18.9 Å². The summed E-state index contributed by atoms with van der Waals surface area (Å²) in [5.41, 5.74) is 6.81. The summed E-state index contributed by atoms with van der Waals surface area (Å²) in [6, 6.07) is 9.36. The van der Waals surface area contributed by atoms with Crippen LogP contribution >= 0.6 is 12.4 Å². The Hall–Kier alpha value is -1.67. The Kier molecular flexibility index (Phi) is 12.7. The van der Waals surface area contributed by atoms with E-state index in [1.54, 1.807) is 14.0 Å². The molecule has 0 aromatic heterocycles. The first-order valence-corrected chi connectivity index (χ1v) is 8.10. The number of carbonyl (C=O) groups is 2. The topological polar surface area (TPSA) is 96.7 Å². The minimum Gasteiger partial charge on any atom is -0.383 e. The molecule has 0 aliphatic carbocycles. The number of halogens is 1. The van der Waals surface area contributed by atoms with Crippen molar-refractivity contribution in [2.75, 3.05) is 39.9 Å². The van der Waals surface area contributed by atoms with Gasteiger partial charge in [-0.3, -0.25) is 15.0 Å². The Labute approximate surface area is 155 Å². The van der Waals surface area contributed by atoms with Crippen molar-refractivity contribution in [2.45, 2.75) is 19.4 Å². The second-order valence-corrected chi connectivity index (χ2v) is 5.68. The van der Waals surface area contributed by atoms with Gasteiger partial charge in [-0.15, -0.1) is 12.4 Å². The number of imide groups is 1. The molecule has 0 saturated carbocycles. The van der Waals surface area contributed by atoms with Crippen LogP contribution in [-0.4, -0.2) is 62.8 Å². The third kappa shape index (κ3) is 10.7. The number of methoxy groups -OCH3 is 1. The van der Waals surface area contributed by atoms with Gasteiger partial charge in [0.1, 0.15) is 0 Å². The van der Waals surface area contributed by atoms with Crippen LogP contribution in [0.3, 0.4) is 0 Å². The highest BCUT2D eigenvalue weighted by molar-refractivity contribution is 5.95. The van der Waals surface area contributed by atoms with Crippen molar-refractivity contribution in [3.63, 3.8) is 0 Å². The maximum atomic E-state index is 12.0. The first-order valence-electron chi connectivity index (χ1n) is 8.10. The molecule has 0 spiro atoms. The van der Waals surface area contributed by atoms with Crippen LogP contribution in [0, 0.1) is 0 Å². The molecule has 3 amide bonds. The number of nitrogens with two attached hydrogens (primary N) is 1. The summed E-state index contributed by atoms with van der Waals surface area (Å²) in [7, 11) is 1.55. The fraction of sp³-hybridized carbons (Fsp3) is 0.529. The lowest BCUT2D eigenvalue weighted by molar-refractivity contribution is -0.121. The van der Waals surface area contributed by atoms with Crippen LogP contribution in [0.1, 0.15) is 12.5 Å². The van der Waals surface area contributed by atoms with E-state index in [2.05, 4.69) is 10.6 Å². The Morgan fingerprint density at radius 3 is 2.52 bits per heavy atom. The highest BCUT2D eigenvalue weighted by atomic mass is 35.5. The molecule has 0 aliphatic rings. The van der Waals surface area contributed by atoms with Crippen LogP contribution in [0.2, 0.25) is 0 Å². The van der Waals surface area contributed by atoms with Crippen LogP contribution in [0.4, 0.5) is 4.79 Å². The third-order valence-corrected chi connectivity index (χ3v) is 3.42. The minimum absolute atomic E-state index is 0. The van der Waals surface area contributed by atoms with Gasteiger partial charge in [0.15, 0.2) is 0 Å². The smallest absolute Gasteiger partial charge is 0.321 e. The molecular formula is C17H29ClN4O3. The lowest BCUT2D eigenvalue weighted by Crippen LogP contribution is -2.48. The quantitative estimate of drug-likeness (QED) is 0.563. The molecule has 4 N–H and O–H groups in total. The second-order valence-electron chi connectivity index (χ2n) is 5.68. The van der Waals surface area contributed by atoms with Crippen molar-refractivity contribution < 1.29 is 14.3 Å². The average molecular weight is 373 g/mol. The molecule has 0 heterocycles. The molecular weight excluding hydrogens is 344 g/mol. The lowest BCUT2D eigenvalue weighted by Gasteiger charge is -2.21. The van der Waals surface area contributed by atoms with Gasteiger partial charge in [0.2, 0.25) is 5.91 Å². The molecule has 1 aromatic rings. The number of urea groups is 1. The lowest BCUT2D eigenvalue weighted by atomic mass is 10.1. The van der Waals surface area contributed by atoms with Crippen molar-refractivity contribution in [3.05, 3.63) is 35.9 Å². The fourth-order valence-corrected chi connectivity index (χ4v) is 2.31. The van der Waals surface area contributed by atoms with Gasteiger partial charge in [-0.2, -0.15) is 0 Å². The predicted octanol–water partition coefficient (Wildman–Crippen LogP) is 0.772. The zero-order valence-electron chi connectivity index (χ0n) is 14.9. The summed E-state index contributed by atoms with van der Waals surface area (Å²) >= 11 is 0. The van der Waals surface area contributed by atoms with Gasteiger partial charge in [-0.25, -0.2) is 4.79 Å². The molecule has 142 valence electrons. The van der Waals surface area contributed by atoms with E-state index < -0.39 is 6.03 Å². The van der Waals surface area contributed by atoms with E-state index in [-0.39, 0.29) is 30.9 Å². The van der Waals surface area contributed by atoms with E-state index in [9.17, 15) is 9.59 Å². The van der Waals surface area contributed by atoms with E-state index in [1.165, 1.54) is 5.56 Å². The van der Waals surface area contributed by atoms with Gasteiger partial charge < -0.3 is 15.8 Å². The van der Waals surface area contributed by atoms with Crippen molar-refractivity contribution in [1.29, 1.82) is 0 Å². The molecule has 0 aliphatic heterocycles. The summed E-state index contributed by atoms with van der Waals surface area (Å²) in [6.07, 6.45) is 0.825. The van der Waals surface area contributed by atoms with Crippen LogP contribution in [0.5, 0.6) is 0 Å². The van der Waals surface area contributed by atoms with Crippen molar-refractivity contribution >= 4 is 24.3 Å². The minimum atomic E-state index is -0.514. The maximum absolute atomic E-state index is 12.0. The molecule has 8 heteroatoms. The Bertz CT molecular complexity index is 502. The highest BCUT2D eigenvalue weighted by Crippen LogP contribution is 2.01. The Morgan fingerprint density at radius 2 is 1.92 bits per heavy atom. The molecule has 1 atom stereocenters. The van der Waals surface area contributed by atoms with E-state index in [0.717, 1.165) is 6.42 Å². The highest BCUT2D eigenvalue weighted by Gasteiger charge is 2.14. The van der Waals surface area contributed by atoms with E-state index >= 15 is 0 Å². The van der Waals surface area contributed by atoms with E-state index in [4.69, 9.17) is 10.5 Å². The average Bonchev–Trinajstić information content (AvgIpc) is 2.53. The monoisotopic (exact) mass is 372 g/mol. The molecule has 0 fully saturated rings. The predicted molar refractivity (Wildman–Crippen MR) is 101 cm³/mol. The summed E-state index contributed by atoms with van der Waals surface area (Å²) < 4.78 is 4.93. The van der Waals surface area contributed by atoms with Crippen molar-refractivity contribution in [1.82, 2.24) is 15.5 Å². The Morgan fingerprint density at radius 1 is 1.24 bits per heavy atom. The molecule has 1 unspecified atom stereocenters. The van der Waals surface area contributed by atoms with Crippen molar-refractivity contribution in [2.24, 2.45) is 5.73 Å². The number of hydrogen-bond acceptors (Lipinski definition) is 5. The summed E-state index contributed by atoms with van der Waals surface area (Å²) in [6.45, 7) is 4.08. The van der Waals surface area contributed by atoms with E-state index in [1.807, 2.05) is 35.2 Å². The SMILES string of the molecule is COCC(C)NC(=O)NC(=O)CN(CCN)CCc1ccccc1.Cl. The van der Waals surface area contributed by atoms with Gasteiger partial charge in [0, 0.05) is 26.7 Å². The fourth-order valence-electron chi connectivity index (χ4n) is 2.31. The number of benzene rings is 1. The molecule has 1 aromatic carbocycles. The molecule has 7 nitrogen and oxygen atoms in total. The first-order chi connectivity index (χ1) is 11.5. The van der Waals surface area contributed by atoms with Gasteiger partial charge in [-0.1, -0.05) is 30.3 Å². The zero-order valence-corrected chi connectivity index (χ0v) is 15.7. The Balaban J connectivity index is 0.00000576. The number of carbonyl (C=O) groups excluding carboxylic acids is 2. The van der Waals surface area contributed by atoms with Gasteiger partial charge in [0.25, 0.3) is 0 Å². The summed E-state index contributed by atoms with van der Waals surface area (Å²) in [5.74, 6) is -0.348. The van der Waals surface area contributed by atoms with Gasteiger partial charge >= 0.3 is 6.03 Å². The molecule has 25 heavy (non-hydrogen) atoms. The third-order valence-electron chi connectivity index (χ3n) is 3.42. The van der Waals surface area contributed by atoms with Crippen molar-refractivity contribution in [3.8, 4) is 0 Å². The number of nitrogens with zero attached hydrogens (tertiary/aromatic N) is 1. The largest absolute Gasteiger partial charge is 0.383 e. The van der Waals surface area contributed by atoms with Crippen LogP contribution in [0.15, 0.2) is 30.3 Å². The van der Waals surface area contributed by atoms with Crippen LogP contribution in [-0.2, 0) is 16.0 Å². The number of amides is 3. The molecule has 0 radical (unpaired) electrons.